The Hall–Kier alpha value is -3.52. The van der Waals surface area contributed by atoms with E-state index in [1.807, 2.05) is 84.9 Å². The molecule has 0 saturated carbocycles. The molecule has 2 nitrogen and oxygen atoms in total. The van der Waals surface area contributed by atoms with E-state index in [2.05, 4.69) is 47.0 Å². The third kappa shape index (κ3) is 6.71. The highest BCUT2D eigenvalue weighted by Crippen LogP contribution is 2.14. The van der Waals surface area contributed by atoms with Gasteiger partial charge < -0.3 is 10.6 Å². The van der Waals surface area contributed by atoms with Gasteiger partial charge in [-0.2, -0.15) is 0 Å². The Kier molecular flexibility index (Phi) is 7.08. The fourth-order valence-electron chi connectivity index (χ4n) is 2.57. The highest BCUT2D eigenvalue weighted by Gasteiger charge is 1.91. The topological polar surface area (TPSA) is 24.1 Å². The Morgan fingerprint density at radius 1 is 0.407 bits per heavy atom. The number of nitrogens with one attached hydrogen (secondary N) is 2. The summed E-state index contributed by atoms with van der Waals surface area (Å²) >= 11 is 0. The minimum absolute atomic E-state index is 0.880. The zero-order valence-electron chi connectivity index (χ0n) is 15.3. The van der Waals surface area contributed by atoms with Gasteiger partial charge in [-0.15, -0.1) is 0 Å². The van der Waals surface area contributed by atoms with Crippen LogP contribution in [-0.4, -0.2) is 0 Å². The molecule has 0 aliphatic carbocycles. The minimum Gasteiger partial charge on any atom is -0.381 e. The number of benzene rings is 4. The van der Waals surface area contributed by atoms with Gasteiger partial charge in [0.2, 0.25) is 0 Å². The SMILES string of the molecule is c1ccc(CNc2ccccc2)cc1.c1ccc(Nc2ccccc2)cc1. The lowest BCUT2D eigenvalue weighted by molar-refractivity contribution is 1.15. The lowest BCUT2D eigenvalue weighted by Crippen LogP contribution is -1.98. The summed E-state index contributed by atoms with van der Waals surface area (Å²) in [6.45, 7) is 0.880. The van der Waals surface area contributed by atoms with Gasteiger partial charge in [0.15, 0.2) is 0 Å². The average Bonchev–Trinajstić information content (AvgIpc) is 2.76. The van der Waals surface area contributed by atoms with Crippen LogP contribution in [-0.2, 0) is 6.54 Å². The summed E-state index contributed by atoms with van der Waals surface area (Å²) in [7, 11) is 0. The molecule has 0 aliphatic rings. The maximum absolute atomic E-state index is 3.36. The third-order valence-corrected chi connectivity index (χ3v) is 3.95. The first-order valence-electron chi connectivity index (χ1n) is 9.10. The van der Waals surface area contributed by atoms with Crippen molar-refractivity contribution < 1.29 is 0 Å². The monoisotopic (exact) mass is 352 g/mol. The molecule has 0 heterocycles. The minimum atomic E-state index is 0.880. The second kappa shape index (κ2) is 10.5. The third-order valence-electron chi connectivity index (χ3n) is 3.95. The van der Waals surface area contributed by atoms with Crippen molar-refractivity contribution in [2.24, 2.45) is 0 Å². The van der Waals surface area contributed by atoms with Gasteiger partial charge >= 0.3 is 0 Å². The predicted octanol–water partition coefficient (Wildman–Crippen LogP) is 6.73. The van der Waals surface area contributed by atoms with E-state index in [9.17, 15) is 0 Å². The van der Waals surface area contributed by atoms with Crippen LogP contribution in [0, 0.1) is 0 Å². The van der Waals surface area contributed by atoms with Crippen molar-refractivity contribution in [1.29, 1.82) is 0 Å². The molecular formula is C25H24N2. The zero-order valence-corrected chi connectivity index (χ0v) is 15.3. The van der Waals surface area contributed by atoms with Crippen LogP contribution in [0.1, 0.15) is 5.56 Å². The van der Waals surface area contributed by atoms with Gasteiger partial charge in [0.25, 0.3) is 0 Å². The van der Waals surface area contributed by atoms with Gasteiger partial charge in [0.1, 0.15) is 0 Å². The van der Waals surface area contributed by atoms with Crippen LogP contribution in [0.25, 0.3) is 0 Å². The molecule has 2 heteroatoms. The van der Waals surface area contributed by atoms with Crippen molar-refractivity contribution in [2.75, 3.05) is 10.6 Å². The lowest BCUT2D eigenvalue weighted by Gasteiger charge is -2.05. The summed E-state index contributed by atoms with van der Waals surface area (Å²) in [5, 5.41) is 6.66. The van der Waals surface area contributed by atoms with Crippen LogP contribution in [0.15, 0.2) is 121 Å². The Labute approximate surface area is 161 Å². The number of hydrogen-bond acceptors (Lipinski definition) is 2. The highest BCUT2D eigenvalue weighted by atomic mass is 14.9. The maximum atomic E-state index is 3.36. The van der Waals surface area contributed by atoms with Crippen LogP contribution >= 0.6 is 0 Å². The molecule has 0 aliphatic heterocycles. The molecule has 4 rings (SSSR count). The number of para-hydroxylation sites is 3. The molecule has 4 aromatic rings. The molecule has 0 radical (unpaired) electrons. The number of hydrogen-bond donors (Lipinski definition) is 2. The molecule has 0 bridgehead atoms. The fraction of sp³-hybridized carbons (Fsp3) is 0.0400. The van der Waals surface area contributed by atoms with Crippen molar-refractivity contribution in [3.63, 3.8) is 0 Å². The first-order valence-corrected chi connectivity index (χ1v) is 9.10. The molecule has 0 atom stereocenters. The highest BCUT2D eigenvalue weighted by molar-refractivity contribution is 5.58. The molecule has 0 saturated heterocycles. The predicted molar refractivity (Wildman–Crippen MR) is 116 cm³/mol. The summed E-state index contributed by atoms with van der Waals surface area (Å²) in [4.78, 5) is 0. The second-order valence-corrected chi connectivity index (χ2v) is 6.06. The van der Waals surface area contributed by atoms with Gasteiger partial charge in [-0.1, -0.05) is 84.9 Å². The van der Waals surface area contributed by atoms with E-state index in [1.54, 1.807) is 0 Å². The Morgan fingerprint density at radius 3 is 1.22 bits per heavy atom. The number of rotatable bonds is 5. The summed E-state index contributed by atoms with van der Waals surface area (Å²) in [5.74, 6) is 0. The first-order chi connectivity index (χ1) is 13.4. The molecule has 134 valence electrons. The molecular weight excluding hydrogens is 328 g/mol. The molecule has 0 amide bonds. The van der Waals surface area contributed by atoms with Crippen LogP contribution in [0.2, 0.25) is 0 Å². The molecule has 0 aromatic heterocycles. The molecule has 2 N–H and O–H groups in total. The molecule has 27 heavy (non-hydrogen) atoms. The van der Waals surface area contributed by atoms with Crippen LogP contribution < -0.4 is 10.6 Å². The standard InChI is InChI=1S/C13H13N.C12H11N/c1-3-7-12(8-4-1)11-14-13-9-5-2-6-10-13;1-3-7-11(8-4-1)13-12-9-5-2-6-10-12/h1-10,14H,11H2;1-10,13H. The largest absolute Gasteiger partial charge is 0.381 e. The summed E-state index contributed by atoms with van der Waals surface area (Å²) in [6, 6.07) is 40.9. The molecule has 0 fully saturated rings. The van der Waals surface area contributed by atoms with Gasteiger partial charge in [-0.05, 0) is 42.0 Å². The van der Waals surface area contributed by atoms with E-state index in [0.29, 0.717) is 0 Å². The van der Waals surface area contributed by atoms with Crippen molar-refractivity contribution in [1.82, 2.24) is 0 Å². The summed E-state index contributed by atoms with van der Waals surface area (Å²) in [6.07, 6.45) is 0. The maximum Gasteiger partial charge on any atom is 0.0400 e. The van der Waals surface area contributed by atoms with Crippen molar-refractivity contribution in [3.8, 4) is 0 Å². The summed E-state index contributed by atoms with van der Waals surface area (Å²) in [5.41, 5.74) is 4.70. The smallest absolute Gasteiger partial charge is 0.0400 e. The van der Waals surface area contributed by atoms with Crippen molar-refractivity contribution in [3.05, 3.63) is 127 Å². The Bertz CT molecular complexity index is 799. The average molecular weight is 352 g/mol. The quantitative estimate of drug-likeness (QED) is 0.416. The Morgan fingerprint density at radius 2 is 0.778 bits per heavy atom. The van der Waals surface area contributed by atoms with Crippen molar-refractivity contribution >= 4 is 17.1 Å². The van der Waals surface area contributed by atoms with Crippen LogP contribution in [0.3, 0.4) is 0 Å². The van der Waals surface area contributed by atoms with Crippen LogP contribution in [0.5, 0.6) is 0 Å². The molecule has 0 unspecified atom stereocenters. The van der Waals surface area contributed by atoms with E-state index in [4.69, 9.17) is 0 Å². The van der Waals surface area contributed by atoms with Gasteiger partial charge in [-0.3, -0.25) is 0 Å². The molecule has 4 aromatic carbocycles. The normalized spacial score (nSPS) is 9.63. The first kappa shape index (κ1) is 18.3. The second-order valence-electron chi connectivity index (χ2n) is 6.06. The van der Waals surface area contributed by atoms with E-state index in [0.717, 1.165) is 23.6 Å². The van der Waals surface area contributed by atoms with Crippen LogP contribution in [0.4, 0.5) is 17.1 Å². The number of anilines is 3. The van der Waals surface area contributed by atoms with E-state index in [-0.39, 0.29) is 0 Å². The Balaban J connectivity index is 0.000000156. The van der Waals surface area contributed by atoms with E-state index in [1.165, 1.54) is 5.56 Å². The summed E-state index contributed by atoms with van der Waals surface area (Å²) < 4.78 is 0. The zero-order chi connectivity index (χ0) is 18.6. The molecule has 0 spiro atoms. The van der Waals surface area contributed by atoms with E-state index >= 15 is 0 Å². The van der Waals surface area contributed by atoms with Gasteiger partial charge in [0, 0.05) is 23.6 Å². The lowest BCUT2D eigenvalue weighted by atomic mass is 10.2. The van der Waals surface area contributed by atoms with Crippen molar-refractivity contribution in [2.45, 2.75) is 6.54 Å². The van der Waals surface area contributed by atoms with E-state index < -0.39 is 0 Å². The van der Waals surface area contributed by atoms with Gasteiger partial charge in [0.05, 0.1) is 0 Å². The fourth-order valence-corrected chi connectivity index (χ4v) is 2.57. The van der Waals surface area contributed by atoms with Gasteiger partial charge in [-0.25, -0.2) is 0 Å².